The summed E-state index contributed by atoms with van der Waals surface area (Å²) in [5, 5.41) is 11.4. The fourth-order valence-electron chi connectivity index (χ4n) is 2.26. The average molecular weight is 293 g/mol. The topological polar surface area (TPSA) is 42.7 Å². The minimum absolute atomic E-state index is 0.795. The SMILES string of the molecule is Cn1nnc(Br)c1-c1ccc2c(c1)CCCN2. The van der Waals surface area contributed by atoms with Gasteiger partial charge in [0.2, 0.25) is 0 Å². The highest BCUT2D eigenvalue weighted by molar-refractivity contribution is 9.10. The van der Waals surface area contributed by atoms with Crippen molar-refractivity contribution in [1.82, 2.24) is 15.0 Å². The third kappa shape index (κ3) is 1.84. The Morgan fingerprint density at radius 3 is 3.06 bits per heavy atom. The van der Waals surface area contributed by atoms with E-state index in [1.807, 2.05) is 7.05 Å². The Kier molecular flexibility index (Phi) is 2.63. The van der Waals surface area contributed by atoms with E-state index in [-0.39, 0.29) is 0 Å². The van der Waals surface area contributed by atoms with Crippen molar-refractivity contribution in [2.24, 2.45) is 7.05 Å². The lowest BCUT2D eigenvalue weighted by atomic mass is 10.00. The highest BCUT2D eigenvalue weighted by Crippen LogP contribution is 2.30. The molecule has 3 rings (SSSR count). The minimum Gasteiger partial charge on any atom is -0.385 e. The molecule has 0 atom stereocenters. The van der Waals surface area contributed by atoms with Crippen LogP contribution < -0.4 is 5.32 Å². The van der Waals surface area contributed by atoms with Crippen molar-refractivity contribution < 1.29 is 0 Å². The Morgan fingerprint density at radius 2 is 2.29 bits per heavy atom. The maximum absolute atomic E-state index is 4.02. The quantitative estimate of drug-likeness (QED) is 0.879. The van der Waals surface area contributed by atoms with Crippen LogP contribution in [0.25, 0.3) is 11.3 Å². The number of aromatic nitrogens is 3. The van der Waals surface area contributed by atoms with Crippen LogP contribution in [0.15, 0.2) is 22.8 Å². The Balaban J connectivity index is 2.10. The van der Waals surface area contributed by atoms with Gasteiger partial charge in [-0.2, -0.15) is 0 Å². The van der Waals surface area contributed by atoms with Crippen LogP contribution >= 0.6 is 15.9 Å². The molecule has 0 spiro atoms. The van der Waals surface area contributed by atoms with E-state index in [1.165, 1.54) is 17.7 Å². The molecule has 1 N–H and O–H groups in total. The Labute approximate surface area is 108 Å². The molecule has 1 aromatic carbocycles. The molecule has 2 heterocycles. The number of halogens is 1. The predicted octanol–water partition coefficient (Wildman–Crippen LogP) is 2.60. The molecule has 0 saturated carbocycles. The molecule has 4 nitrogen and oxygen atoms in total. The van der Waals surface area contributed by atoms with E-state index in [9.17, 15) is 0 Å². The van der Waals surface area contributed by atoms with Crippen LogP contribution in [0.3, 0.4) is 0 Å². The first-order valence-electron chi connectivity index (χ1n) is 5.68. The molecule has 1 aromatic heterocycles. The smallest absolute Gasteiger partial charge is 0.156 e. The lowest BCUT2D eigenvalue weighted by molar-refractivity contribution is 0.720. The van der Waals surface area contributed by atoms with Gasteiger partial charge in [0.1, 0.15) is 5.69 Å². The summed E-state index contributed by atoms with van der Waals surface area (Å²) >= 11 is 3.44. The van der Waals surface area contributed by atoms with Crippen LogP contribution in [0.1, 0.15) is 12.0 Å². The maximum atomic E-state index is 4.02. The van der Waals surface area contributed by atoms with E-state index in [4.69, 9.17) is 0 Å². The van der Waals surface area contributed by atoms with E-state index in [2.05, 4.69) is 49.8 Å². The van der Waals surface area contributed by atoms with Crippen LogP contribution in [-0.4, -0.2) is 21.5 Å². The number of benzene rings is 1. The average Bonchev–Trinajstić information content (AvgIpc) is 2.68. The van der Waals surface area contributed by atoms with Gasteiger partial charge in [0.05, 0.1) is 0 Å². The highest BCUT2D eigenvalue weighted by Gasteiger charge is 2.14. The Hall–Kier alpha value is -1.36. The van der Waals surface area contributed by atoms with Gasteiger partial charge < -0.3 is 5.32 Å². The van der Waals surface area contributed by atoms with Crippen molar-refractivity contribution in [1.29, 1.82) is 0 Å². The number of hydrogen-bond donors (Lipinski definition) is 1. The van der Waals surface area contributed by atoms with E-state index < -0.39 is 0 Å². The first-order valence-corrected chi connectivity index (χ1v) is 6.47. The number of aryl methyl sites for hydroxylation is 2. The van der Waals surface area contributed by atoms with Gasteiger partial charge in [0.25, 0.3) is 0 Å². The Morgan fingerprint density at radius 1 is 1.41 bits per heavy atom. The van der Waals surface area contributed by atoms with Crippen molar-refractivity contribution in [3.63, 3.8) is 0 Å². The number of anilines is 1. The second-order valence-electron chi connectivity index (χ2n) is 4.25. The molecule has 0 fully saturated rings. The number of fused-ring (bicyclic) bond motifs is 1. The van der Waals surface area contributed by atoms with Crippen LogP contribution in [0, 0.1) is 0 Å². The molecule has 0 unspecified atom stereocenters. The van der Waals surface area contributed by atoms with Gasteiger partial charge in [-0.3, -0.25) is 0 Å². The Bertz CT molecular complexity index is 542. The van der Waals surface area contributed by atoms with Crippen molar-refractivity contribution in [3.8, 4) is 11.3 Å². The summed E-state index contributed by atoms with van der Waals surface area (Å²) in [5.41, 5.74) is 4.82. The standard InChI is InChI=1S/C12H13BrN4/c1-17-11(12(13)15-16-17)9-4-5-10-8(7-9)3-2-6-14-10/h4-5,7,14H,2-3,6H2,1H3. The highest BCUT2D eigenvalue weighted by atomic mass is 79.9. The molecule has 17 heavy (non-hydrogen) atoms. The molecular weight excluding hydrogens is 280 g/mol. The van der Waals surface area contributed by atoms with Crippen molar-refractivity contribution >= 4 is 21.6 Å². The largest absolute Gasteiger partial charge is 0.385 e. The predicted molar refractivity (Wildman–Crippen MR) is 70.9 cm³/mol. The molecule has 88 valence electrons. The van der Waals surface area contributed by atoms with Gasteiger partial charge in [0, 0.05) is 24.8 Å². The fraction of sp³-hybridized carbons (Fsp3) is 0.333. The second-order valence-corrected chi connectivity index (χ2v) is 5.01. The zero-order chi connectivity index (χ0) is 11.8. The molecule has 0 radical (unpaired) electrons. The van der Waals surface area contributed by atoms with E-state index >= 15 is 0 Å². The summed E-state index contributed by atoms with van der Waals surface area (Å²) in [6.07, 6.45) is 2.33. The summed E-state index contributed by atoms with van der Waals surface area (Å²) in [6, 6.07) is 6.48. The summed E-state index contributed by atoms with van der Waals surface area (Å²) in [4.78, 5) is 0. The second kappa shape index (κ2) is 4.14. The number of nitrogens with one attached hydrogen (secondary N) is 1. The van der Waals surface area contributed by atoms with Crippen LogP contribution in [0.4, 0.5) is 5.69 Å². The molecule has 0 aliphatic carbocycles. The summed E-state index contributed by atoms with van der Waals surface area (Å²) < 4.78 is 2.59. The zero-order valence-electron chi connectivity index (χ0n) is 9.57. The summed E-state index contributed by atoms with van der Waals surface area (Å²) in [6.45, 7) is 1.07. The lowest BCUT2D eigenvalue weighted by Gasteiger charge is -2.18. The molecule has 1 aliphatic rings. The van der Waals surface area contributed by atoms with Crippen molar-refractivity contribution in [3.05, 3.63) is 28.4 Å². The monoisotopic (exact) mass is 292 g/mol. The van der Waals surface area contributed by atoms with Crippen LogP contribution in [0.2, 0.25) is 0 Å². The summed E-state index contributed by atoms with van der Waals surface area (Å²) in [7, 11) is 1.91. The third-order valence-electron chi connectivity index (χ3n) is 3.10. The lowest BCUT2D eigenvalue weighted by Crippen LogP contribution is -2.11. The van der Waals surface area contributed by atoms with Crippen LogP contribution in [-0.2, 0) is 13.5 Å². The van der Waals surface area contributed by atoms with Crippen LogP contribution in [0.5, 0.6) is 0 Å². The third-order valence-corrected chi connectivity index (χ3v) is 3.64. The van der Waals surface area contributed by atoms with Gasteiger partial charge in [-0.25, -0.2) is 4.68 Å². The molecule has 0 amide bonds. The van der Waals surface area contributed by atoms with Gasteiger partial charge in [-0.1, -0.05) is 11.3 Å². The van der Waals surface area contributed by atoms with Crippen molar-refractivity contribution in [2.45, 2.75) is 12.8 Å². The van der Waals surface area contributed by atoms with E-state index in [0.29, 0.717) is 0 Å². The van der Waals surface area contributed by atoms with Gasteiger partial charge >= 0.3 is 0 Å². The first kappa shape index (κ1) is 10.8. The van der Waals surface area contributed by atoms with E-state index in [0.717, 1.165) is 28.8 Å². The van der Waals surface area contributed by atoms with E-state index in [1.54, 1.807) is 4.68 Å². The molecule has 2 aromatic rings. The number of rotatable bonds is 1. The normalized spacial score (nSPS) is 14.2. The van der Waals surface area contributed by atoms with Gasteiger partial charge in [0.15, 0.2) is 4.60 Å². The minimum atomic E-state index is 0.795. The molecule has 0 saturated heterocycles. The number of hydrogen-bond acceptors (Lipinski definition) is 3. The van der Waals surface area contributed by atoms with Gasteiger partial charge in [-0.15, -0.1) is 5.10 Å². The number of nitrogens with zero attached hydrogens (tertiary/aromatic N) is 3. The molecule has 0 bridgehead atoms. The first-order chi connectivity index (χ1) is 8.25. The molecular formula is C12H13BrN4. The molecule has 5 heteroatoms. The maximum Gasteiger partial charge on any atom is 0.156 e. The molecule has 1 aliphatic heterocycles. The van der Waals surface area contributed by atoms with Gasteiger partial charge in [-0.05, 0) is 46.5 Å². The van der Waals surface area contributed by atoms with Crippen molar-refractivity contribution in [2.75, 3.05) is 11.9 Å². The zero-order valence-corrected chi connectivity index (χ0v) is 11.2. The summed E-state index contributed by atoms with van der Waals surface area (Å²) in [5.74, 6) is 0. The fourth-order valence-corrected chi connectivity index (χ4v) is 2.82.